The Labute approximate surface area is 200 Å². The molecule has 0 radical (unpaired) electrons. The van der Waals surface area contributed by atoms with E-state index >= 15 is 0 Å². The normalized spacial score (nSPS) is 14.4. The molecule has 0 saturated heterocycles. The van der Waals surface area contributed by atoms with Crippen molar-refractivity contribution >= 4 is 23.2 Å². The van der Waals surface area contributed by atoms with Gasteiger partial charge in [0.15, 0.2) is 0 Å². The first kappa shape index (κ1) is 24.3. The molecule has 0 aliphatic heterocycles. The Morgan fingerprint density at radius 2 is 1.69 bits per heavy atom. The number of halogens is 2. The number of nitrogens with one attached hydrogen (secondary N) is 1. The smallest absolute Gasteiger partial charge is 0.0991 e. The molecule has 5 heteroatoms. The topological polar surface area (TPSA) is 56.0 Å². The highest BCUT2D eigenvalue weighted by molar-refractivity contribution is 6.31. The van der Waals surface area contributed by atoms with Gasteiger partial charge in [0, 0.05) is 22.0 Å². The Balaban J connectivity index is 1.97. The summed E-state index contributed by atoms with van der Waals surface area (Å²) in [5.74, 6) is 0.0526. The quantitative estimate of drug-likeness (QED) is 0.389. The molecule has 3 nitrogen and oxygen atoms in total. The number of hydrogen-bond acceptors (Lipinski definition) is 3. The molecule has 0 bridgehead atoms. The fourth-order valence-corrected chi connectivity index (χ4v) is 4.43. The summed E-state index contributed by atoms with van der Waals surface area (Å²) in [6, 6.07) is 24.9. The summed E-state index contributed by atoms with van der Waals surface area (Å²) in [5.41, 5.74) is 2.64. The second kappa shape index (κ2) is 10.5. The second-order valence-corrected chi connectivity index (χ2v) is 9.58. The Hall–Kier alpha value is -2.35. The van der Waals surface area contributed by atoms with E-state index in [1.54, 1.807) is 13.8 Å². The zero-order chi connectivity index (χ0) is 23.3. The molecule has 0 amide bonds. The number of rotatable bonds is 8. The van der Waals surface area contributed by atoms with E-state index < -0.39 is 5.60 Å². The molecule has 0 aliphatic rings. The molecule has 2 N–H and O–H groups in total. The standard InChI is InChI=1S/C27H28Cl2N2O/c1-18(31-26(27(2,3)32)23-9-4-5-10-25(23)29)24(16-19-11-13-22(28)14-12-19)21-8-6-7-20(15-21)17-30/h4-15,18,24,26,31-32H,16H2,1-3H3/t18-,24+,26?/m0/s1. The van der Waals surface area contributed by atoms with Crippen LogP contribution in [0, 0.1) is 11.3 Å². The third-order valence-corrected chi connectivity index (χ3v) is 6.36. The molecule has 0 spiro atoms. The van der Waals surface area contributed by atoms with Crippen molar-refractivity contribution < 1.29 is 5.11 Å². The van der Waals surface area contributed by atoms with Crippen LogP contribution in [0.15, 0.2) is 72.8 Å². The van der Waals surface area contributed by atoms with Crippen molar-refractivity contribution in [1.82, 2.24) is 5.32 Å². The van der Waals surface area contributed by atoms with Gasteiger partial charge < -0.3 is 10.4 Å². The van der Waals surface area contributed by atoms with E-state index in [9.17, 15) is 10.4 Å². The van der Waals surface area contributed by atoms with Gasteiger partial charge >= 0.3 is 0 Å². The van der Waals surface area contributed by atoms with E-state index in [0.29, 0.717) is 15.6 Å². The summed E-state index contributed by atoms with van der Waals surface area (Å²) < 4.78 is 0. The predicted octanol–water partition coefficient (Wildman–Crippen LogP) is 6.68. The average molecular weight is 467 g/mol. The predicted molar refractivity (Wildman–Crippen MR) is 132 cm³/mol. The maximum absolute atomic E-state index is 11.0. The van der Waals surface area contributed by atoms with Crippen LogP contribution in [0.4, 0.5) is 0 Å². The summed E-state index contributed by atoms with van der Waals surface area (Å²) in [5, 5.41) is 25.3. The zero-order valence-corrected chi connectivity index (χ0v) is 20.0. The van der Waals surface area contributed by atoms with Gasteiger partial charge in [0.2, 0.25) is 0 Å². The first-order valence-electron chi connectivity index (χ1n) is 10.7. The molecular formula is C27H28Cl2N2O. The monoisotopic (exact) mass is 466 g/mol. The van der Waals surface area contributed by atoms with Crippen molar-refractivity contribution in [2.75, 3.05) is 0 Å². The van der Waals surface area contributed by atoms with Crippen molar-refractivity contribution in [1.29, 1.82) is 5.26 Å². The number of benzene rings is 3. The molecular weight excluding hydrogens is 439 g/mol. The molecule has 3 atom stereocenters. The van der Waals surface area contributed by atoms with Gasteiger partial charge in [0.25, 0.3) is 0 Å². The number of aliphatic hydroxyl groups is 1. The highest BCUT2D eigenvalue weighted by atomic mass is 35.5. The molecule has 0 aliphatic carbocycles. The summed E-state index contributed by atoms with van der Waals surface area (Å²) in [4.78, 5) is 0. The maximum Gasteiger partial charge on any atom is 0.0991 e. The molecule has 3 aromatic rings. The first-order valence-corrected chi connectivity index (χ1v) is 11.4. The van der Waals surface area contributed by atoms with Crippen LogP contribution in [-0.2, 0) is 6.42 Å². The van der Waals surface area contributed by atoms with Crippen LogP contribution in [-0.4, -0.2) is 16.7 Å². The third kappa shape index (κ3) is 6.12. The van der Waals surface area contributed by atoms with Crippen LogP contribution in [0.3, 0.4) is 0 Å². The lowest BCUT2D eigenvalue weighted by Crippen LogP contribution is -2.45. The van der Waals surface area contributed by atoms with Gasteiger partial charge in [0.05, 0.1) is 23.3 Å². The molecule has 1 unspecified atom stereocenters. The van der Waals surface area contributed by atoms with Crippen molar-refractivity contribution in [3.8, 4) is 6.07 Å². The van der Waals surface area contributed by atoms with E-state index in [1.165, 1.54) is 0 Å². The maximum atomic E-state index is 11.0. The van der Waals surface area contributed by atoms with E-state index in [4.69, 9.17) is 23.2 Å². The highest BCUT2D eigenvalue weighted by Crippen LogP contribution is 2.34. The minimum Gasteiger partial charge on any atom is -0.388 e. The highest BCUT2D eigenvalue weighted by Gasteiger charge is 2.33. The fraction of sp³-hybridized carbons (Fsp3) is 0.296. The second-order valence-electron chi connectivity index (χ2n) is 8.74. The van der Waals surface area contributed by atoms with Crippen LogP contribution >= 0.6 is 23.2 Å². The van der Waals surface area contributed by atoms with Crippen molar-refractivity contribution in [3.05, 3.63) is 105 Å². The molecule has 32 heavy (non-hydrogen) atoms. The third-order valence-electron chi connectivity index (χ3n) is 5.77. The van der Waals surface area contributed by atoms with E-state index in [-0.39, 0.29) is 18.0 Å². The molecule has 0 heterocycles. The molecule has 0 aromatic heterocycles. The average Bonchev–Trinajstić information content (AvgIpc) is 2.77. The van der Waals surface area contributed by atoms with E-state index in [2.05, 4.69) is 18.3 Å². The largest absolute Gasteiger partial charge is 0.388 e. The molecule has 3 rings (SSSR count). The van der Waals surface area contributed by atoms with Crippen LogP contribution < -0.4 is 5.32 Å². The summed E-state index contributed by atoms with van der Waals surface area (Å²) in [6.07, 6.45) is 0.751. The number of nitrogens with zero attached hydrogens (tertiary/aromatic N) is 1. The van der Waals surface area contributed by atoms with Gasteiger partial charge in [-0.05, 0) is 74.2 Å². The van der Waals surface area contributed by atoms with E-state index in [1.807, 2.05) is 72.8 Å². The molecule has 0 saturated carbocycles. The van der Waals surface area contributed by atoms with Gasteiger partial charge in [0.1, 0.15) is 0 Å². The molecule has 0 fully saturated rings. The van der Waals surface area contributed by atoms with Gasteiger partial charge in [-0.25, -0.2) is 0 Å². The Morgan fingerprint density at radius 3 is 2.31 bits per heavy atom. The molecule has 166 valence electrons. The lowest BCUT2D eigenvalue weighted by atomic mass is 9.83. The van der Waals surface area contributed by atoms with Gasteiger partial charge in [-0.1, -0.05) is 65.7 Å². The fourth-order valence-electron chi connectivity index (χ4n) is 4.06. The van der Waals surface area contributed by atoms with Crippen LogP contribution in [0.1, 0.15) is 55.0 Å². The SMILES string of the molecule is C[C@H](NC(c1ccccc1Cl)C(C)(C)O)[C@@H](Cc1ccc(Cl)cc1)c1cccc(C#N)c1. The lowest BCUT2D eigenvalue weighted by Gasteiger charge is -2.36. The van der Waals surface area contributed by atoms with Crippen molar-refractivity contribution in [3.63, 3.8) is 0 Å². The summed E-state index contributed by atoms with van der Waals surface area (Å²) in [6.45, 7) is 5.67. The van der Waals surface area contributed by atoms with E-state index in [0.717, 1.165) is 23.1 Å². The summed E-state index contributed by atoms with van der Waals surface area (Å²) >= 11 is 12.6. The molecule has 3 aromatic carbocycles. The first-order chi connectivity index (χ1) is 15.2. The van der Waals surface area contributed by atoms with Crippen LogP contribution in [0.25, 0.3) is 0 Å². The van der Waals surface area contributed by atoms with Gasteiger partial charge in [-0.3, -0.25) is 0 Å². The van der Waals surface area contributed by atoms with Crippen LogP contribution in [0.2, 0.25) is 10.0 Å². The van der Waals surface area contributed by atoms with Crippen LogP contribution in [0.5, 0.6) is 0 Å². The minimum atomic E-state index is -1.04. The van der Waals surface area contributed by atoms with Gasteiger partial charge in [-0.15, -0.1) is 0 Å². The Kier molecular flexibility index (Phi) is 7.98. The Bertz CT molecular complexity index is 1080. The lowest BCUT2D eigenvalue weighted by molar-refractivity contribution is 0.0317. The number of hydrogen-bond donors (Lipinski definition) is 2. The van der Waals surface area contributed by atoms with Crippen molar-refractivity contribution in [2.24, 2.45) is 0 Å². The van der Waals surface area contributed by atoms with Crippen molar-refractivity contribution in [2.45, 2.75) is 50.8 Å². The number of nitriles is 1. The summed E-state index contributed by atoms with van der Waals surface area (Å²) in [7, 11) is 0. The Morgan fingerprint density at radius 1 is 1.00 bits per heavy atom. The van der Waals surface area contributed by atoms with Gasteiger partial charge in [-0.2, -0.15) is 5.26 Å². The zero-order valence-electron chi connectivity index (χ0n) is 18.5. The minimum absolute atomic E-state index is 0.0349.